The fourth-order valence-corrected chi connectivity index (χ4v) is 0.937. The van der Waals surface area contributed by atoms with Gasteiger partial charge in [-0.3, -0.25) is 9.59 Å². The molecule has 0 spiro atoms. The Hall–Kier alpha value is -0.900. The van der Waals surface area contributed by atoms with Crippen molar-refractivity contribution in [2.75, 3.05) is 5.33 Å². The third-order valence-electron chi connectivity index (χ3n) is 1.22. The number of hydrogen-bond donors (Lipinski definition) is 1. The highest BCUT2D eigenvalue weighted by Crippen LogP contribution is 1.98. The van der Waals surface area contributed by atoms with E-state index >= 15 is 0 Å². The van der Waals surface area contributed by atoms with E-state index in [1.165, 1.54) is 0 Å². The van der Waals surface area contributed by atoms with E-state index in [2.05, 4.69) is 20.9 Å². The van der Waals surface area contributed by atoms with Gasteiger partial charge in [-0.1, -0.05) is 15.9 Å². The van der Waals surface area contributed by atoms with Crippen LogP contribution in [0, 0.1) is 0 Å². The van der Waals surface area contributed by atoms with Crippen molar-refractivity contribution in [2.45, 2.75) is 0 Å². The summed E-state index contributed by atoms with van der Waals surface area (Å²) in [6, 6.07) is 3.25. The quantitative estimate of drug-likeness (QED) is 0.468. The summed E-state index contributed by atoms with van der Waals surface area (Å²) in [6.07, 6.45) is 1.61. The van der Waals surface area contributed by atoms with Gasteiger partial charge in [-0.05, 0) is 12.1 Å². The lowest BCUT2D eigenvalue weighted by atomic mass is 10.2. The summed E-state index contributed by atoms with van der Waals surface area (Å²) in [5, 5.41) is 0.0743. The molecule has 0 fully saturated rings. The van der Waals surface area contributed by atoms with Gasteiger partial charge in [0.1, 0.15) is 0 Å². The van der Waals surface area contributed by atoms with Crippen molar-refractivity contribution in [2.24, 2.45) is 0 Å². The number of Topliss-reactive ketones (excluding diaryl/α,β-unsaturated/α-hetero) is 2. The third kappa shape index (κ3) is 1.77. The highest BCUT2D eigenvalue weighted by Gasteiger charge is 2.14. The van der Waals surface area contributed by atoms with Crippen molar-refractivity contribution in [1.82, 2.24) is 4.98 Å². The highest BCUT2D eigenvalue weighted by atomic mass is 79.9. The molecule has 0 radical (unpaired) electrons. The molecule has 0 unspecified atom stereocenters. The molecule has 1 aromatic rings. The van der Waals surface area contributed by atoms with Gasteiger partial charge >= 0.3 is 0 Å². The van der Waals surface area contributed by atoms with Gasteiger partial charge in [0, 0.05) is 6.20 Å². The van der Waals surface area contributed by atoms with Gasteiger partial charge in [-0.2, -0.15) is 0 Å². The molecule has 1 rings (SSSR count). The van der Waals surface area contributed by atoms with Crippen LogP contribution in [0.15, 0.2) is 18.3 Å². The second-order valence-corrected chi connectivity index (χ2v) is 2.53. The molecule has 0 saturated heterocycles. The van der Waals surface area contributed by atoms with Crippen LogP contribution in [0.2, 0.25) is 0 Å². The number of hydrogen-bond acceptors (Lipinski definition) is 2. The van der Waals surface area contributed by atoms with Crippen molar-refractivity contribution in [1.29, 1.82) is 0 Å². The molecule has 1 heterocycles. The number of nitrogens with one attached hydrogen (secondary N) is 1. The van der Waals surface area contributed by atoms with E-state index in [-0.39, 0.29) is 5.33 Å². The predicted molar refractivity (Wildman–Crippen MR) is 43.9 cm³/mol. The summed E-state index contributed by atoms with van der Waals surface area (Å²) >= 11 is 2.92. The fraction of sp³-hybridized carbons (Fsp3) is 0.143. The SMILES string of the molecule is O=C(CBr)C(=O)c1ccc[nH]1. The van der Waals surface area contributed by atoms with Crippen LogP contribution < -0.4 is 0 Å². The number of H-pyrrole nitrogens is 1. The Morgan fingerprint density at radius 2 is 2.27 bits per heavy atom. The van der Waals surface area contributed by atoms with E-state index in [0.29, 0.717) is 5.69 Å². The number of halogens is 1. The van der Waals surface area contributed by atoms with Crippen molar-refractivity contribution in [3.05, 3.63) is 24.0 Å². The first-order valence-corrected chi connectivity index (χ1v) is 4.14. The minimum absolute atomic E-state index is 0.0743. The second kappa shape index (κ2) is 3.48. The van der Waals surface area contributed by atoms with E-state index in [1.54, 1.807) is 18.3 Å². The number of rotatable bonds is 3. The Morgan fingerprint density at radius 1 is 1.55 bits per heavy atom. The van der Waals surface area contributed by atoms with E-state index in [4.69, 9.17) is 0 Å². The first-order chi connectivity index (χ1) is 5.25. The maximum Gasteiger partial charge on any atom is 0.245 e. The molecule has 0 aromatic carbocycles. The normalized spacial score (nSPS) is 9.55. The molecule has 58 valence electrons. The molecule has 0 aliphatic rings. The van der Waals surface area contributed by atoms with Gasteiger partial charge in [0.2, 0.25) is 11.6 Å². The van der Waals surface area contributed by atoms with Crippen molar-refractivity contribution < 1.29 is 9.59 Å². The van der Waals surface area contributed by atoms with E-state index in [9.17, 15) is 9.59 Å². The van der Waals surface area contributed by atoms with Gasteiger partial charge in [0.15, 0.2) is 0 Å². The third-order valence-corrected chi connectivity index (χ3v) is 1.73. The standard InChI is InChI=1S/C7H6BrNO2/c8-4-6(10)7(11)5-2-1-3-9-5/h1-3,9H,4H2. The number of aromatic nitrogens is 1. The number of aromatic amines is 1. The number of carbonyl (C=O) groups excluding carboxylic acids is 2. The Bertz CT molecular complexity index is 266. The zero-order chi connectivity index (χ0) is 8.27. The van der Waals surface area contributed by atoms with E-state index in [1.807, 2.05) is 0 Å². The van der Waals surface area contributed by atoms with Gasteiger partial charge in [-0.15, -0.1) is 0 Å². The molecule has 1 aromatic heterocycles. The number of alkyl halides is 1. The van der Waals surface area contributed by atoms with Gasteiger partial charge < -0.3 is 4.98 Å². The molecular weight excluding hydrogens is 210 g/mol. The summed E-state index contributed by atoms with van der Waals surface area (Å²) in [4.78, 5) is 24.5. The minimum Gasteiger partial charge on any atom is -0.358 e. The van der Waals surface area contributed by atoms with Crippen LogP contribution in [0.5, 0.6) is 0 Å². The summed E-state index contributed by atoms with van der Waals surface area (Å²) in [7, 11) is 0. The first kappa shape index (κ1) is 8.20. The summed E-state index contributed by atoms with van der Waals surface area (Å²) in [5.41, 5.74) is 0.342. The molecule has 11 heavy (non-hydrogen) atoms. The molecule has 0 aliphatic heterocycles. The summed E-state index contributed by atoms with van der Waals surface area (Å²) < 4.78 is 0. The topological polar surface area (TPSA) is 49.9 Å². The average Bonchev–Trinajstić information content (AvgIpc) is 2.53. The fourth-order valence-electron chi connectivity index (χ4n) is 0.682. The lowest BCUT2D eigenvalue weighted by molar-refractivity contribution is -0.112. The van der Waals surface area contributed by atoms with Crippen LogP contribution in [0.25, 0.3) is 0 Å². The Morgan fingerprint density at radius 3 is 2.73 bits per heavy atom. The molecule has 1 N–H and O–H groups in total. The van der Waals surface area contributed by atoms with Crippen molar-refractivity contribution >= 4 is 27.5 Å². The first-order valence-electron chi connectivity index (χ1n) is 3.02. The molecule has 0 bridgehead atoms. The van der Waals surface area contributed by atoms with Crippen LogP contribution >= 0.6 is 15.9 Å². The Kier molecular flexibility index (Phi) is 2.59. The molecule has 0 saturated carbocycles. The molecule has 4 heteroatoms. The van der Waals surface area contributed by atoms with Gasteiger partial charge in [-0.25, -0.2) is 0 Å². The molecule has 3 nitrogen and oxygen atoms in total. The monoisotopic (exact) mass is 215 g/mol. The van der Waals surface area contributed by atoms with Crippen molar-refractivity contribution in [3.63, 3.8) is 0 Å². The maximum absolute atomic E-state index is 11.0. The number of ketones is 2. The van der Waals surface area contributed by atoms with E-state index in [0.717, 1.165) is 0 Å². The van der Waals surface area contributed by atoms with Crippen LogP contribution in [-0.4, -0.2) is 21.9 Å². The largest absolute Gasteiger partial charge is 0.358 e. The van der Waals surface area contributed by atoms with Gasteiger partial charge in [0.25, 0.3) is 0 Å². The summed E-state index contributed by atoms with van der Waals surface area (Å²) in [5.74, 6) is -0.917. The zero-order valence-corrected chi connectivity index (χ0v) is 7.22. The maximum atomic E-state index is 11.0. The molecule has 0 aliphatic carbocycles. The minimum atomic E-state index is -0.480. The lowest BCUT2D eigenvalue weighted by Gasteiger charge is -1.90. The highest BCUT2D eigenvalue weighted by molar-refractivity contribution is 9.09. The van der Waals surface area contributed by atoms with Gasteiger partial charge in [0.05, 0.1) is 11.0 Å². The summed E-state index contributed by atoms with van der Waals surface area (Å²) in [6.45, 7) is 0. The van der Waals surface area contributed by atoms with Crippen LogP contribution in [0.3, 0.4) is 0 Å². The van der Waals surface area contributed by atoms with Crippen LogP contribution in [0.1, 0.15) is 10.5 Å². The molecular formula is C7H6BrNO2. The second-order valence-electron chi connectivity index (χ2n) is 1.97. The molecule has 0 atom stereocenters. The Balaban J connectivity index is 2.79. The molecule has 0 amide bonds. The van der Waals surface area contributed by atoms with Crippen molar-refractivity contribution in [3.8, 4) is 0 Å². The van der Waals surface area contributed by atoms with E-state index < -0.39 is 11.6 Å². The Labute approximate surface area is 71.9 Å². The lowest BCUT2D eigenvalue weighted by Crippen LogP contribution is -2.15. The number of carbonyl (C=O) groups is 2. The van der Waals surface area contributed by atoms with Crippen LogP contribution in [0.4, 0.5) is 0 Å². The smallest absolute Gasteiger partial charge is 0.245 e. The predicted octanol–water partition coefficient (Wildman–Crippen LogP) is 1.16. The van der Waals surface area contributed by atoms with Crippen LogP contribution in [-0.2, 0) is 4.79 Å². The average molecular weight is 216 g/mol. The zero-order valence-electron chi connectivity index (χ0n) is 5.63.